The number of rotatable bonds is 13. The van der Waals surface area contributed by atoms with E-state index in [1.165, 1.54) is 38.5 Å². The standard InChI is InChI=1S/C15H28O4.Na/c1-2-3-4-5-6-7-8-9-10-11-12-13(14(16)17)15(18)19;/h13H,2-12H2,1H3,(H,16,17)(H,18,19);/q;+1/p-1. The zero-order chi connectivity index (χ0) is 14.5. The monoisotopic (exact) mass is 294 g/mol. The molecule has 1 atom stereocenters. The molecule has 0 aliphatic carbocycles. The molecule has 0 bridgehead atoms. The summed E-state index contributed by atoms with van der Waals surface area (Å²) in [5, 5.41) is 19.2. The molecule has 0 aliphatic heterocycles. The van der Waals surface area contributed by atoms with Crippen molar-refractivity contribution in [1.29, 1.82) is 0 Å². The van der Waals surface area contributed by atoms with Gasteiger partial charge in [0.2, 0.25) is 0 Å². The quantitative estimate of drug-likeness (QED) is 0.289. The van der Waals surface area contributed by atoms with Gasteiger partial charge >= 0.3 is 35.5 Å². The second-order valence-corrected chi connectivity index (χ2v) is 5.18. The van der Waals surface area contributed by atoms with Crippen molar-refractivity contribution in [2.24, 2.45) is 5.92 Å². The van der Waals surface area contributed by atoms with Crippen molar-refractivity contribution in [3.63, 3.8) is 0 Å². The van der Waals surface area contributed by atoms with Crippen molar-refractivity contribution in [3.05, 3.63) is 0 Å². The SMILES string of the molecule is CCCCCCCCCCCCC(C(=O)[O-])C(=O)O.[Na+]. The van der Waals surface area contributed by atoms with Crippen LogP contribution in [0.25, 0.3) is 0 Å². The molecule has 0 aromatic rings. The molecule has 0 aromatic heterocycles. The summed E-state index contributed by atoms with van der Waals surface area (Å²) >= 11 is 0. The van der Waals surface area contributed by atoms with Crippen molar-refractivity contribution in [2.45, 2.75) is 77.6 Å². The molecule has 0 saturated carbocycles. The Morgan fingerprint density at radius 2 is 1.30 bits per heavy atom. The van der Waals surface area contributed by atoms with Gasteiger partial charge in [-0.15, -0.1) is 0 Å². The molecule has 0 saturated heterocycles. The van der Waals surface area contributed by atoms with E-state index in [9.17, 15) is 14.7 Å². The van der Waals surface area contributed by atoms with Gasteiger partial charge in [-0.1, -0.05) is 71.1 Å². The molecule has 0 aliphatic rings. The van der Waals surface area contributed by atoms with Gasteiger partial charge in [-0.2, -0.15) is 0 Å². The maximum absolute atomic E-state index is 10.6. The molecule has 0 rings (SSSR count). The van der Waals surface area contributed by atoms with Crippen molar-refractivity contribution in [1.82, 2.24) is 0 Å². The van der Waals surface area contributed by atoms with Crippen LogP contribution in [0.4, 0.5) is 0 Å². The number of hydrogen-bond acceptors (Lipinski definition) is 3. The summed E-state index contributed by atoms with van der Waals surface area (Å²) in [5.41, 5.74) is 0. The number of carbonyl (C=O) groups excluding carboxylic acids is 1. The Bertz CT molecular complexity index is 242. The summed E-state index contributed by atoms with van der Waals surface area (Å²) < 4.78 is 0. The van der Waals surface area contributed by atoms with E-state index in [2.05, 4.69) is 6.92 Å². The van der Waals surface area contributed by atoms with E-state index in [4.69, 9.17) is 5.11 Å². The van der Waals surface area contributed by atoms with Gasteiger partial charge in [0.15, 0.2) is 0 Å². The molecule has 0 radical (unpaired) electrons. The molecule has 0 fully saturated rings. The Morgan fingerprint density at radius 1 is 0.900 bits per heavy atom. The predicted octanol–water partition coefficient (Wildman–Crippen LogP) is -0.248. The van der Waals surface area contributed by atoms with Crippen LogP contribution in [0.2, 0.25) is 0 Å². The van der Waals surface area contributed by atoms with Crippen LogP contribution < -0.4 is 34.7 Å². The summed E-state index contributed by atoms with van der Waals surface area (Å²) in [6, 6.07) is 0. The fourth-order valence-corrected chi connectivity index (χ4v) is 2.18. The average molecular weight is 294 g/mol. The van der Waals surface area contributed by atoms with Crippen molar-refractivity contribution in [3.8, 4) is 0 Å². The summed E-state index contributed by atoms with van der Waals surface area (Å²) in [7, 11) is 0. The minimum atomic E-state index is -1.47. The van der Waals surface area contributed by atoms with E-state index in [0.717, 1.165) is 19.3 Å². The van der Waals surface area contributed by atoms with Crippen LogP contribution in [0.3, 0.4) is 0 Å². The average Bonchev–Trinajstić information content (AvgIpc) is 2.35. The zero-order valence-electron chi connectivity index (χ0n) is 13.0. The zero-order valence-corrected chi connectivity index (χ0v) is 15.0. The van der Waals surface area contributed by atoms with Gasteiger partial charge < -0.3 is 15.0 Å². The Hall–Kier alpha value is -0.0600. The second kappa shape index (κ2) is 15.3. The van der Waals surface area contributed by atoms with E-state index in [1.54, 1.807) is 0 Å². The van der Waals surface area contributed by atoms with Gasteiger partial charge in [0.05, 0.1) is 11.9 Å². The number of carboxylic acid groups (broad SMARTS) is 2. The number of unbranched alkanes of at least 4 members (excludes halogenated alkanes) is 9. The number of hydrogen-bond donors (Lipinski definition) is 1. The van der Waals surface area contributed by atoms with Gasteiger partial charge in [0, 0.05) is 0 Å². The van der Waals surface area contributed by atoms with Gasteiger partial charge in [-0.3, -0.25) is 4.79 Å². The van der Waals surface area contributed by atoms with Crippen molar-refractivity contribution in [2.75, 3.05) is 0 Å². The molecule has 0 aromatic carbocycles. The summed E-state index contributed by atoms with van der Waals surface area (Å²) in [5.74, 6) is -4.09. The molecule has 5 heteroatoms. The van der Waals surface area contributed by atoms with Gasteiger partial charge in [-0.05, 0) is 6.42 Å². The Morgan fingerprint density at radius 3 is 1.65 bits per heavy atom. The van der Waals surface area contributed by atoms with Crippen LogP contribution in [0, 0.1) is 5.92 Å². The molecule has 1 unspecified atom stereocenters. The number of aliphatic carboxylic acids is 2. The third-order valence-corrected chi connectivity index (χ3v) is 3.43. The molecule has 1 N–H and O–H groups in total. The molecule has 20 heavy (non-hydrogen) atoms. The summed E-state index contributed by atoms with van der Waals surface area (Å²) in [6.45, 7) is 2.21. The first kappa shape index (κ1) is 22.2. The third kappa shape index (κ3) is 12.9. The largest absolute Gasteiger partial charge is 1.00 e. The maximum atomic E-state index is 10.6. The molecule has 112 valence electrons. The van der Waals surface area contributed by atoms with E-state index in [-0.39, 0.29) is 36.0 Å². The Balaban J connectivity index is 0. The van der Waals surface area contributed by atoms with Gasteiger partial charge in [0.25, 0.3) is 0 Å². The normalized spacial score (nSPS) is 11.7. The topological polar surface area (TPSA) is 77.4 Å². The van der Waals surface area contributed by atoms with Crippen LogP contribution in [-0.4, -0.2) is 17.0 Å². The summed E-state index contributed by atoms with van der Waals surface area (Å²) in [4.78, 5) is 21.2. The van der Waals surface area contributed by atoms with Crippen LogP contribution in [0.15, 0.2) is 0 Å². The van der Waals surface area contributed by atoms with Crippen molar-refractivity contribution < 1.29 is 49.4 Å². The molecule has 4 nitrogen and oxygen atoms in total. The fourth-order valence-electron chi connectivity index (χ4n) is 2.18. The van der Waals surface area contributed by atoms with E-state index in [0.29, 0.717) is 6.42 Å². The van der Waals surface area contributed by atoms with Crippen LogP contribution in [0.1, 0.15) is 77.6 Å². The molecular formula is C15H27NaO4. The predicted molar refractivity (Wildman–Crippen MR) is 72.6 cm³/mol. The molecule has 0 amide bonds. The second-order valence-electron chi connectivity index (χ2n) is 5.18. The first-order chi connectivity index (χ1) is 9.09. The van der Waals surface area contributed by atoms with Gasteiger partial charge in [-0.25, -0.2) is 0 Å². The third-order valence-electron chi connectivity index (χ3n) is 3.43. The van der Waals surface area contributed by atoms with Crippen molar-refractivity contribution >= 4 is 11.9 Å². The first-order valence-electron chi connectivity index (χ1n) is 7.53. The van der Waals surface area contributed by atoms with Crippen LogP contribution in [0.5, 0.6) is 0 Å². The molecule has 0 heterocycles. The molecular weight excluding hydrogens is 267 g/mol. The summed E-state index contributed by atoms with van der Waals surface area (Å²) in [6.07, 6.45) is 11.7. The van der Waals surface area contributed by atoms with E-state index in [1.807, 2.05) is 0 Å². The molecule has 0 spiro atoms. The Kier molecular flexibility index (Phi) is 17.0. The Labute approximate surface area is 144 Å². The first-order valence-corrected chi connectivity index (χ1v) is 7.53. The maximum Gasteiger partial charge on any atom is 1.00 e. The number of carbonyl (C=O) groups is 2. The van der Waals surface area contributed by atoms with Crippen LogP contribution >= 0.6 is 0 Å². The van der Waals surface area contributed by atoms with E-state index < -0.39 is 17.9 Å². The number of carboxylic acids is 2. The van der Waals surface area contributed by atoms with Crippen LogP contribution in [-0.2, 0) is 9.59 Å². The fraction of sp³-hybridized carbons (Fsp3) is 0.867. The van der Waals surface area contributed by atoms with Gasteiger partial charge in [0.1, 0.15) is 0 Å². The smallest absolute Gasteiger partial charge is 0.549 e. The minimum absolute atomic E-state index is 0. The van der Waals surface area contributed by atoms with E-state index >= 15 is 0 Å². The minimum Gasteiger partial charge on any atom is -0.549 e.